The van der Waals surface area contributed by atoms with E-state index < -0.39 is 0 Å². The Bertz CT molecular complexity index is 323. The first-order chi connectivity index (χ1) is 8.65. The molecule has 5 aliphatic rings. The van der Waals surface area contributed by atoms with E-state index in [0.29, 0.717) is 11.6 Å². The van der Waals surface area contributed by atoms with Gasteiger partial charge in [-0.05, 0) is 63.2 Å². The van der Waals surface area contributed by atoms with Crippen LogP contribution in [0, 0.1) is 11.8 Å². The summed E-state index contributed by atoms with van der Waals surface area (Å²) < 4.78 is 5.75. The maximum Gasteiger partial charge on any atom is 0.0700 e. The number of ether oxygens (including phenoxy) is 1. The molecule has 0 radical (unpaired) electrons. The summed E-state index contributed by atoms with van der Waals surface area (Å²) in [6.45, 7) is 2.01. The molecule has 102 valence electrons. The number of hydrogen-bond acceptors (Lipinski definition) is 3. The summed E-state index contributed by atoms with van der Waals surface area (Å²) in [5.74, 6) is 1.79. The molecule has 1 heterocycles. The van der Waals surface area contributed by atoms with Gasteiger partial charge in [-0.25, -0.2) is 0 Å². The first-order valence-electron chi connectivity index (χ1n) is 7.80. The third-order valence-electron chi connectivity index (χ3n) is 5.84. The number of hydrogen-bond donors (Lipinski definition) is 2. The Kier molecular flexibility index (Phi) is 2.56. The maximum atomic E-state index is 6.62. The maximum absolute atomic E-state index is 6.62. The van der Waals surface area contributed by atoms with Crippen molar-refractivity contribution in [2.75, 3.05) is 13.2 Å². The largest absolute Gasteiger partial charge is 0.377 e. The fraction of sp³-hybridized carbons (Fsp3) is 1.00. The van der Waals surface area contributed by atoms with Crippen molar-refractivity contribution in [2.24, 2.45) is 17.6 Å². The van der Waals surface area contributed by atoms with Crippen LogP contribution in [0.4, 0.5) is 0 Å². The standard InChI is InChI=1S/C15H26N2O/c16-14-5-11-4-12(6-14)8-15(7-11,10-14)17-9-13-2-1-3-18-13/h11-13,17H,1-10,16H2. The minimum atomic E-state index is 0.160. The van der Waals surface area contributed by atoms with Crippen molar-refractivity contribution in [1.82, 2.24) is 5.32 Å². The molecule has 0 aromatic rings. The molecular weight excluding hydrogens is 224 g/mol. The van der Waals surface area contributed by atoms with E-state index in [1.54, 1.807) is 0 Å². The molecule has 4 bridgehead atoms. The quantitative estimate of drug-likeness (QED) is 0.803. The van der Waals surface area contributed by atoms with E-state index in [2.05, 4.69) is 5.32 Å². The van der Waals surface area contributed by atoms with Crippen LogP contribution in [-0.2, 0) is 4.74 Å². The Morgan fingerprint density at radius 3 is 2.56 bits per heavy atom. The zero-order valence-electron chi connectivity index (χ0n) is 11.3. The van der Waals surface area contributed by atoms with E-state index in [4.69, 9.17) is 10.5 Å². The Hall–Kier alpha value is -0.120. The monoisotopic (exact) mass is 250 g/mol. The molecule has 1 aliphatic heterocycles. The lowest BCUT2D eigenvalue weighted by atomic mass is 9.50. The highest BCUT2D eigenvalue weighted by atomic mass is 16.5. The van der Waals surface area contributed by atoms with Crippen molar-refractivity contribution in [3.05, 3.63) is 0 Å². The van der Waals surface area contributed by atoms with Crippen LogP contribution in [0.3, 0.4) is 0 Å². The lowest BCUT2D eigenvalue weighted by Gasteiger charge is -2.61. The van der Waals surface area contributed by atoms with E-state index in [0.717, 1.165) is 25.0 Å². The molecule has 0 amide bonds. The average molecular weight is 250 g/mol. The average Bonchev–Trinajstić information content (AvgIpc) is 2.75. The summed E-state index contributed by atoms with van der Waals surface area (Å²) in [5, 5.41) is 3.89. The van der Waals surface area contributed by atoms with Gasteiger partial charge in [-0.2, -0.15) is 0 Å². The minimum absolute atomic E-state index is 0.160. The lowest BCUT2D eigenvalue weighted by Crippen LogP contribution is -2.67. The topological polar surface area (TPSA) is 47.3 Å². The summed E-state index contributed by atoms with van der Waals surface area (Å²) in [6, 6.07) is 0. The summed E-state index contributed by atoms with van der Waals surface area (Å²) in [6.07, 6.45) is 10.9. The van der Waals surface area contributed by atoms with Crippen molar-refractivity contribution >= 4 is 0 Å². The third-order valence-corrected chi connectivity index (χ3v) is 5.84. The molecule has 3 atom stereocenters. The van der Waals surface area contributed by atoms with Crippen LogP contribution in [0.5, 0.6) is 0 Å². The number of rotatable bonds is 3. The predicted octanol–water partition coefficient (Wildman–Crippen LogP) is 1.81. The summed E-state index contributed by atoms with van der Waals surface area (Å²) in [4.78, 5) is 0. The molecule has 3 heteroatoms. The molecule has 4 aliphatic carbocycles. The molecule has 0 spiro atoms. The van der Waals surface area contributed by atoms with Gasteiger partial charge < -0.3 is 15.8 Å². The lowest BCUT2D eigenvalue weighted by molar-refractivity contribution is -0.0407. The van der Waals surface area contributed by atoms with Gasteiger partial charge in [0.15, 0.2) is 0 Å². The number of nitrogens with one attached hydrogen (secondary N) is 1. The van der Waals surface area contributed by atoms with E-state index in [1.807, 2.05) is 0 Å². The zero-order valence-corrected chi connectivity index (χ0v) is 11.3. The smallest absolute Gasteiger partial charge is 0.0700 e. The number of nitrogens with two attached hydrogens (primary N) is 1. The van der Waals surface area contributed by atoms with Crippen LogP contribution in [-0.4, -0.2) is 30.3 Å². The molecule has 5 fully saturated rings. The van der Waals surface area contributed by atoms with Gasteiger partial charge in [0.2, 0.25) is 0 Å². The first-order valence-corrected chi connectivity index (χ1v) is 7.80. The van der Waals surface area contributed by atoms with Gasteiger partial charge in [0.25, 0.3) is 0 Å². The van der Waals surface area contributed by atoms with Gasteiger partial charge in [-0.15, -0.1) is 0 Å². The van der Waals surface area contributed by atoms with Crippen molar-refractivity contribution in [1.29, 1.82) is 0 Å². The Labute approximate surface area is 110 Å². The van der Waals surface area contributed by atoms with Crippen molar-refractivity contribution in [3.8, 4) is 0 Å². The van der Waals surface area contributed by atoms with Crippen LogP contribution >= 0.6 is 0 Å². The SMILES string of the molecule is NC12CC3CC(C1)CC(NCC1CCCO1)(C3)C2. The Morgan fingerprint density at radius 1 is 1.17 bits per heavy atom. The van der Waals surface area contributed by atoms with Crippen molar-refractivity contribution in [3.63, 3.8) is 0 Å². The molecule has 1 saturated heterocycles. The molecule has 0 aromatic carbocycles. The normalized spacial score (nSPS) is 54.2. The third kappa shape index (κ3) is 1.91. The molecule has 3 N–H and O–H groups in total. The summed E-state index contributed by atoms with van der Waals surface area (Å²) in [5.41, 5.74) is 7.14. The molecule has 5 rings (SSSR count). The highest BCUT2D eigenvalue weighted by Gasteiger charge is 2.56. The van der Waals surface area contributed by atoms with E-state index in [-0.39, 0.29) is 5.54 Å². The molecule has 3 nitrogen and oxygen atoms in total. The van der Waals surface area contributed by atoms with Crippen LogP contribution in [0.15, 0.2) is 0 Å². The second-order valence-electron chi connectivity index (χ2n) is 7.62. The van der Waals surface area contributed by atoms with Crippen LogP contribution in [0.1, 0.15) is 51.4 Å². The predicted molar refractivity (Wildman–Crippen MR) is 71.3 cm³/mol. The summed E-state index contributed by atoms with van der Waals surface area (Å²) in [7, 11) is 0. The van der Waals surface area contributed by atoms with Crippen LogP contribution < -0.4 is 11.1 Å². The highest BCUT2D eigenvalue weighted by molar-refractivity contribution is 5.14. The molecule has 3 unspecified atom stereocenters. The molecule has 4 saturated carbocycles. The van der Waals surface area contributed by atoms with Gasteiger partial charge in [0.05, 0.1) is 6.10 Å². The van der Waals surface area contributed by atoms with E-state index >= 15 is 0 Å². The zero-order chi connectivity index (χ0) is 12.2. The second kappa shape index (κ2) is 3.94. The highest BCUT2D eigenvalue weighted by Crippen LogP contribution is 2.56. The Morgan fingerprint density at radius 2 is 1.94 bits per heavy atom. The Balaban J connectivity index is 1.46. The van der Waals surface area contributed by atoms with Gasteiger partial charge in [0.1, 0.15) is 0 Å². The van der Waals surface area contributed by atoms with Gasteiger partial charge in [-0.1, -0.05) is 0 Å². The molecule has 18 heavy (non-hydrogen) atoms. The van der Waals surface area contributed by atoms with E-state index in [9.17, 15) is 0 Å². The van der Waals surface area contributed by atoms with Crippen LogP contribution in [0.25, 0.3) is 0 Å². The van der Waals surface area contributed by atoms with Crippen LogP contribution in [0.2, 0.25) is 0 Å². The summed E-state index contributed by atoms with van der Waals surface area (Å²) >= 11 is 0. The second-order valence-corrected chi connectivity index (χ2v) is 7.62. The van der Waals surface area contributed by atoms with Crippen molar-refractivity contribution < 1.29 is 4.74 Å². The van der Waals surface area contributed by atoms with Gasteiger partial charge in [0, 0.05) is 24.2 Å². The first kappa shape index (κ1) is 11.7. The fourth-order valence-electron chi connectivity index (χ4n) is 5.68. The fourth-order valence-corrected chi connectivity index (χ4v) is 5.68. The molecule has 0 aromatic heterocycles. The van der Waals surface area contributed by atoms with Crippen molar-refractivity contribution in [2.45, 2.75) is 68.5 Å². The van der Waals surface area contributed by atoms with Gasteiger partial charge in [-0.3, -0.25) is 0 Å². The molecular formula is C15H26N2O. The van der Waals surface area contributed by atoms with Gasteiger partial charge >= 0.3 is 0 Å². The minimum Gasteiger partial charge on any atom is -0.377 e. The van der Waals surface area contributed by atoms with E-state index in [1.165, 1.54) is 51.4 Å².